The predicted molar refractivity (Wildman–Crippen MR) is 102 cm³/mol. The molecule has 0 saturated heterocycles. The van der Waals surface area contributed by atoms with E-state index < -0.39 is 0 Å². The number of nitrogens with zero attached hydrogens (tertiary/aromatic N) is 1. The van der Waals surface area contributed by atoms with E-state index in [0.29, 0.717) is 0 Å². The third-order valence-electron chi connectivity index (χ3n) is 3.64. The zero-order valence-electron chi connectivity index (χ0n) is 13.6. The van der Waals surface area contributed by atoms with Crippen LogP contribution in [-0.4, -0.2) is 13.3 Å². The summed E-state index contributed by atoms with van der Waals surface area (Å²) in [5, 5.41) is 0. The van der Waals surface area contributed by atoms with Crippen molar-refractivity contribution in [2.24, 2.45) is 4.99 Å². The van der Waals surface area contributed by atoms with Gasteiger partial charge in [0.1, 0.15) is 5.75 Å². The number of hydrogen-bond donors (Lipinski definition) is 0. The Morgan fingerprint density at radius 2 is 1.25 bits per heavy atom. The van der Waals surface area contributed by atoms with Gasteiger partial charge in [0.2, 0.25) is 0 Å². The van der Waals surface area contributed by atoms with Gasteiger partial charge in [-0.1, -0.05) is 54.6 Å². The van der Waals surface area contributed by atoms with Crippen molar-refractivity contribution < 1.29 is 4.74 Å². The third-order valence-corrected chi connectivity index (χ3v) is 3.64. The van der Waals surface area contributed by atoms with E-state index in [4.69, 9.17) is 4.74 Å². The topological polar surface area (TPSA) is 21.6 Å². The van der Waals surface area contributed by atoms with Gasteiger partial charge < -0.3 is 4.74 Å². The Balaban J connectivity index is 1.65. The molecule has 0 atom stereocenters. The average molecular weight is 313 g/mol. The molecule has 0 bridgehead atoms. The molecular weight excluding hydrogens is 294 g/mol. The summed E-state index contributed by atoms with van der Waals surface area (Å²) in [6, 6.07) is 26.3. The minimum absolute atomic E-state index is 0.849. The van der Waals surface area contributed by atoms with Crippen molar-refractivity contribution in [1.82, 2.24) is 0 Å². The van der Waals surface area contributed by atoms with E-state index in [1.165, 1.54) is 5.56 Å². The van der Waals surface area contributed by atoms with Crippen LogP contribution in [0.25, 0.3) is 12.2 Å². The standard InChI is InChI=1S/C22H19NO/c1-24-22-15-11-20(12-16-22)17-23-21-13-9-19(10-14-21)8-7-18-5-3-2-4-6-18/h2-17H,1H3. The Kier molecular flexibility index (Phi) is 5.21. The first-order valence-electron chi connectivity index (χ1n) is 7.85. The Labute approximate surface area is 142 Å². The minimum Gasteiger partial charge on any atom is -0.497 e. The van der Waals surface area contributed by atoms with Gasteiger partial charge in [-0.05, 0) is 53.1 Å². The number of ether oxygens (including phenoxy) is 1. The van der Waals surface area contributed by atoms with E-state index in [-0.39, 0.29) is 0 Å². The highest BCUT2D eigenvalue weighted by Gasteiger charge is 1.93. The fourth-order valence-corrected chi connectivity index (χ4v) is 2.27. The van der Waals surface area contributed by atoms with Crippen molar-refractivity contribution in [3.8, 4) is 5.75 Å². The van der Waals surface area contributed by atoms with Crippen LogP contribution in [0.2, 0.25) is 0 Å². The maximum atomic E-state index is 5.15. The minimum atomic E-state index is 0.849. The molecule has 0 N–H and O–H groups in total. The molecule has 3 aromatic carbocycles. The number of rotatable bonds is 5. The molecule has 24 heavy (non-hydrogen) atoms. The molecule has 2 heteroatoms. The Hall–Kier alpha value is -3.13. The molecule has 0 aliphatic heterocycles. The highest BCUT2D eigenvalue weighted by atomic mass is 16.5. The zero-order valence-corrected chi connectivity index (χ0v) is 13.6. The predicted octanol–water partition coefficient (Wildman–Crippen LogP) is 5.62. The van der Waals surface area contributed by atoms with Crippen molar-refractivity contribution in [3.05, 3.63) is 95.6 Å². The van der Waals surface area contributed by atoms with Crippen LogP contribution in [0.3, 0.4) is 0 Å². The summed E-state index contributed by atoms with van der Waals surface area (Å²) in [4.78, 5) is 4.50. The molecule has 0 amide bonds. The Bertz CT molecular complexity index is 816. The first kappa shape index (κ1) is 15.8. The molecule has 0 unspecified atom stereocenters. The second-order valence-electron chi connectivity index (χ2n) is 5.37. The Morgan fingerprint density at radius 3 is 1.88 bits per heavy atom. The average Bonchev–Trinajstić information content (AvgIpc) is 2.67. The van der Waals surface area contributed by atoms with Crippen molar-refractivity contribution in [2.75, 3.05) is 7.11 Å². The molecule has 0 saturated carbocycles. The van der Waals surface area contributed by atoms with Gasteiger partial charge in [0, 0.05) is 6.21 Å². The van der Waals surface area contributed by atoms with Crippen molar-refractivity contribution >= 4 is 24.1 Å². The highest BCUT2D eigenvalue weighted by Crippen LogP contribution is 2.16. The van der Waals surface area contributed by atoms with Gasteiger partial charge in [-0.3, -0.25) is 4.99 Å². The van der Waals surface area contributed by atoms with Crippen LogP contribution in [0.15, 0.2) is 83.9 Å². The van der Waals surface area contributed by atoms with E-state index >= 15 is 0 Å². The molecule has 0 heterocycles. The molecule has 0 aromatic heterocycles. The quantitative estimate of drug-likeness (QED) is 0.443. The lowest BCUT2D eigenvalue weighted by atomic mass is 10.1. The van der Waals surface area contributed by atoms with Crippen molar-refractivity contribution in [3.63, 3.8) is 0 Å². The maximum absolute atomic E-state index is 5.15. The van der Waals surface area contributed by atoms with E-state index in [0.717, 1.165) is 22.6 Å². The van der Waals surface area contributed by atoms with E-state index in [1.54, 1.807) is 7.11 Å². The number of aliphatic imine (C=N–C) groups is 1. The van der Waals surface area contributed by atoms with Gasteiger partial charge >= 0.3 is 0 Å². The van der Waals surface area contributed by atoms with Gasteiger partial charge in [0.05, 0.1) is 12.8 Å². The van der Waals surface area contributed by atoms with Crippen LogP contribution in [0.5, 0.6) is 5.75 Å². The van der Waals surface area contributed by atoms with Crippen LogP contribution in [0, 0.1) is 0 Å². The van der Waals surface area contributed by atoms with E-state index in [1.807, 2.05) is 60.8 Å². The molecule has 0 radical (unpaired) electrons. The number of hydrogen-bond acceptors (Lipinski definition) is 2. The first-order chi connectivity index (χ1) is 11.8. The second kappa shape index (κ2) is 7.93. The van der Waals surface area contributed by atoms with Crippen LogP contribution < -0.4 is 4.74 Å². The van der Waals surface area contributed by atoms with Crippen molar-refractivity contribution in [1.29, 1.82) is 0 Å². The summed E-state index contributed by atoms with van der Waals surface area (Å²) in [5.74, 6) is 0.849. The summed E-state index contributed by atoms with van der Waals surface area (Å²) in [6.45, 7) is 0. The summed E-state index contributed by atoms with van der Waals surface area (Å²) in [7, 11) is 1.66. The van der Waals surface area contributed by atoms with Crippen molar-refractivity contribution in [2.45, 2.75) is 0 Å². The maximum Gasteiger partial charge on any atom is 0.118 e. The summed E-state index contributed by atoms with van der Waals surface area (Å²) in [5.41, 5.74) is 4.33. The Morgan fingerprint density at radius 1 is 0.667 bits per heavy atom. The normalized spacial score (nSPS) is 11.2. The summed E-state index contributed by atoms with van der Waals surface area (Å²) >= 11 is 0. The van der Waals surface area contributed by atoms with E-state index in [9.17, 15) is 0 Å². The SMILES string of the molecule is COc1ccc(C=Nc2ccc(C=Cc3ccccc3)cc2)cc1. The lowest BCUT2D eigenvalue weighted by Crippen LogP contribution is -1.84. The molecule has 3 rings (SSSR count). The molecule has 0 fully saturated rings. The fraction of sp³-hybridized carbons (Fsp3) is 0.0455. The number of methoxy groups -OCH3 is 1. The van der Waals surface area contributed by atoms with Crippen LogP contribution in [0.1, 0.15) is 16.7 Å². The van der Waals surface area contributed by atoms with Crippen LogP contribution in [-0.2, 0) is 0 Å². The molecular formula is C22H19NO. The third kappa shape index (κ3) is 4.43. The van der Waals surface area contributed by atoms with Gasteiger partial charge in [-0.25, -0.2) is 0 Å². The fourth-order valence-electron chi connectivity index (χ4n) is 2.27. The molecule has 2 nitrogen and oxygen atoms in total. The lowest BCUT2D eigenvalue weighted by molar-refractivity contribution is 0.415. The highest BCUT2D eigenvalue weighted by molar-refractivity contribution is 5.82. The van der Waals surface area contributed by atoms with E-state index in [2.05, 4.69) is 41.4 Å². The monoisotopic (exact) mass is 313 g/mol. The molecule has 0 spiro atoms. The van der Waals surface area contributed by atoms with Crippen LogP contribution >= 0.6 is 0 Å². The first-order valence-corrected chi connectivity index (χ1v) is 7.85. The molecule has 118 valence electrons. The zero-order chi connectivity index (χ0) is 16.6. The van der Waals surface area contributed by atoms with Gasteiger partial charge in [-0.2, -0.15) is 0 Å². The molecule has 3 aromatic rings. The van der Waals surface area contributed by atoms with Gasteiger partial charge in [0.25, 0.3) is 0 Å². The number of benzene rings is 3. The van der Waals surface area contributed by atoms with Crippen LogP contribution in [0.4, 0.5) is 5.69 Å². The van der Waals surface area contributed by atoms with Gasteiger partial charge in [0.15, 0.2) is 0 Å². The molecule has 0 aliphatic rings. The molecule has 0 aliphatic carbocycles. The lowest BCUT2D eigenvalue weighted by Gasteiger charge is -1.99. The van der Waals surface area contributed by atoms with Gasteiger partial charge in [-0.15, -0.1) is 0 Å². The second-order valence-corrected chi connectivity index (χ2v) is 5.37. The summed E-state index contributed by atoms with van der Waals surface area (Å²) < 4.78 is 5.15. The summed E-state index contributed by atoms with van der Waals surface area (Å²) in [6.07, 6.45) is 6.07. The largest absolute Gasteiger partial charge is 0.497 e. The smallest absolute Gasteiger partial charge is 0.118 e.